The van der Waals surface area contributed by atoms with Gasteiger partial charge in [-0.1, -0.05) is 11.6 Å². The smallest absolute Gasteiger partial charge is 0.418 e. The van der Waals surface area contributed by atoms with Crippen LogP contribution in [0.2, 0.25) is 5.02 Å². The van der Waals surface area contributed by atoms with Crippen molar-refractivity contribution in [2.45, 2.75) is 23.9 Å². The van der Waals surface area contributed by atoms with Crippen LogP contribution in [0, 0.1) is 5.92 Å². The SMILES string of the molecule is COc1ccc(S(=O)(=O)N2CCC[C@H](C(=O)Nc3ccc(Cl)cc3C(F)(F)F)C2)cc1. The topological polar surface area (TPSA) is 75.7 Å². The molecule has 0 spiro atoms. The number of hydrogen-bond acceptors (Lipinski definition) is 4. The number of nitrogens with one attached hydrogen (secondary N) is 1. The van der Waals surface area contributed by atoms with E-state index >= 15 is 0 Å². The van der Waals surface area contributed by atoms with Gasteiger partial charge in [-0.15, -0.1) is 0 Å². The number of rotatable bonds is 5. The van der Waals surface area contributed by atoms with Crippen LogP contribution in [0.3, 0.4) is 0 Å². The first-order chi connectivity index (χ1) is 14.5. The Labute approximate surface area is 183 Å². The Morgan fingerprint density at radius 1 is 1.19 bits per heavy atom. The predicted molar refractivity (Wildman–Crippen MR) is 110 cm³/mol. The van der Waals surface area contributed by atoms with E-state index in [1.165, 1.54) is 41.7 Å². The quantitative estimate of drug-likeness (QED) is 0.693. The van der Waals surface area contributed by atoms with Gasteiger partial charge in [-0.05, 0) is 55.3 Å². The highest BCUT2D eigenvalue weighted by atomic mass is 35.5. The Hall–Kier alpha value is -2.30. The van der Waals surface area contributed by atoms with Gasteiger partial charge in [0.25, 0.3) is 0 Å². The molecule has 1 fully saturated rings. The summed E-state index contributed by atoms with van der Waals surface area (Å²) < 4.78 is 71.9. The molecule has 0 aromatic heterocycles. The van der Waals surface area contributed by atoms with Crippen molar-refractivity contribution in [1.82, 2.24) is 4.31 Å². The van der Waals surface area contributed by atoms with E-state index in [-0.39, 0.29) is 23.0 Å². The van der Waals surface area contributed by atoms with Crippen molar-refractivity contribution in [3.05, 3.63) is 53.1 Å². The molecule has 1 aliphatic heterocycles. The molecule has 1 saturated heterocycles. The summed E-state index contributed by atoms with van der Waals surface area (Å²) in [6, 6.07) is 8.90. The normalized spacial score (nSPS) is 17.9. The molecule has 0 bridgehead atoms. The summed E-state index contributed by atoms with van der Waals surface area (Å²) in [5.41, 5.74) is -1.48. The van der Waals surface area contributed by atoms with Gasteiger partial charge in [0.15, 0.2) is 0 Å². The molecule has 0 saturated carbocycles. The van der Waals surface area contributed by atoms with Crippen LogP contribution in [-0.4, -0.2) is 38.8 Å². The Morgan fingerprint density at radius 3 is 2.48 bits per heavy atom. The molecule has 1 N–H and O–H groups in total. The lowest BCUT2D eigenvalue weighted by Gasteiger charge is -2.31. The summed E-state index contributed by atoms with van der Waals surface area (Å²) in [6.07, 6.45) is -3.94. The van der Waals surface area contributed by atoms with Gasteiger partial charge in [0.1, 0.15) is 5.75 Å². The second-order valence-electron chi connectivity index (χ2n) is 7.05. The number of hydrogen-bond donors (Lipinski definition) is 1. The fourth-order valence-electron chi connectivity index (χ4n) is 3.37. The fourth-order valence-corrected chi connectivity index (χ4v) is 5.06. The minimum Gasteiger partial charge on any atom is -0.497 e. The molecule has 168 valence electrons. The van der Waals surface area contributed by atoms with Crippen molar-refractivity contribution in [3.8, 4) is 5.75 Å². The van der Waals surface area contributed by atoms with Crippen LogP contribution in [-0.2, 0) is 21.0 Å². The second kappa shape index (κ2) is 9.05. The Kier molecular flexibility index (Phi) is 6.82. The highest BCUT2D eigenvalue weighted by Gasteiger charge is 2.36. The van der Waals surface area contributed by atoms with E-state index in [1.807, 2.05) is 0 Å². The van der Waals surface area contributed by atoms with Crippen LogP contribution in [0.4, 0.5) is 18.9 Å². The van der Waals surface area contributed by atoms with E-state index in [2.05, 4.69) is 5.32 Å². The molecule has 31 heavy (non-hydrogen) atoms. The van der Waals surface area contributed by atoms with Crippen molar-refractivity contribution in [1.29, 1.82) is 0 Å². The van der Waals surface area contributed by atoms with Crippen LogP contribution in [0.5, 0.6) is 5.75 Å². The summed E-state index contributed by atoms with van der Waals surface area (Å²) >= 11 is 5.66. The number of anilines is 1. The largest absolute Gasteiger partial charge is 0.497 e. The number of ether oxygens (including phenoxy) is 1. The average Bonchev–Trinajstić information content (AvgIpc) is 2.74. The number of alkyl halides is 3. The van der Waals surface area contributed by atoms with Crippen LogP contribution in [0.15, 0.2) is 47.4 Å². The summed E-state index contributed by atoms with van der Waals surface area (Å²) in [6.45, 7) is 0.0853. The molecule has 11 heteroatoms. The third kappa shape index (κ3) is 5.31. The first-order valence-corrected chi connectivity index (χ1v) is 11.2. The van der Waals surface area contributed by atoms with E-state index in [4.69, 9.17) is 16.3 Å². The van der Waals surface area contributed by atoms with Crippen LogP contribution in [0.25, 0.3) is 0 Å². The molecule has 6 nitrogen and oxygen atoms in total. The van der Waals surface area contributed by atoms with Gasteiger partial charge in [-0.3, -0.25) is 4.79 Å². The molecule has 2 aromatic carbocycles. The lowest BCUT2D eigenvalue weighted by molar-refractivity contribution is -0.137. The Morgan fingerprint density at radius 2 is 1.87 bits per heavy atom. The number of benzene rings is 2. The van der Waals surface area contributed by atoms with E-state index in [0.717, 1.165) is 12.1 Å². The van der Waals surface area contributed by atoms with Gasteiger partial charge in [0, 0.05) is 18.1 Å². The summed E-state index contributed by atoms with van der Waals surface area (Å²) in [4.78, 5) is 12.7. The average molecular weight is 477 g/mol. The van der Waals surface area contributed by atoms with Crippen LogP contribution in [0.1, 0.15) is 18.4 Å². The molecule has 3 rings (SSSR count). The monoisotopic (exact) mass is 476 g/mol. The molecule has 1 aliphatic rings. The van der Waals surface area contributed by atoms with Crippen molar-refractivity contribution in [3.63, 3.8) is 0 Å². The minimum atomic E-state index is -4.70. The third-order valence-corrected chi connectivity index (χ3v) is 7.11. The number of carbonyl (C=O) groups excluding carboxylic acids is 1. The first-order valence-electron chi connectivity index (χ1n) is 9.34. The van der Waals surface area contributed by atoms with E-state index in [1.54, 1.807) is 0 Å². The second-order valence-corrected chi connectivity index (χ2v) is 9.43. The van der Waals surface area contributed by atoms with E-state index in [9.17, 15) is 26.4 Å². The molecular formula is C20H20ClF3N2O4S. The number of amides is 1. The molecule has 1 amide bonds. The van der Waals surface area contributed by atoms with Crippen LogP contribution < -0.4 is 10.1 Å². The molecule has 1 heterocycles. The van der Waals surface area contributed by atoms with E-state index in [0.29, 0.717) is 18.6 Å². The fraction of sp³-hybridized carbons (Fsp3) is 0.350. The van der Waals surface area contributed by atoms with Gasteiger partial charge in [-0.2, -0.15) is 17.5 Å². The maximum Gasteiger partial charge on any atom is 0.418 e. The van der Waals surface area contributed by atoms with Gasteiger partial charge in [0.2, 0.25) is 15.9 Å². The minimum absolute atomic E-state index is 0.0476. The number of carbonyl (C=O) groups is 1. The highest BCUT2D eigenvalue weighted by Crippen LogP contribution is 2.37. The number of halogens is 4. The molecule has 1 atom stereocenters. The third-order valence-electron chi connectivity index (χ3n) is 5.00. The maximum absolute atomic E-state index is 13.3. The standard InChI is InChI=1S/C20H20ClF3N2O4S/c1-30-15-5-7-16(8-6-15)31(28,29)26-10-2-3-13(12-26)19(27)25-18-9-4-14(21)11-17(18)20(22,23)24/h4-9,11,13H,2-3,10,12H2,1H3,(H,25,27)/t13-/m0/s1. The highest BCUT2D eigenvalue weighted by molar-refractivity contribution is 7.89. The van der Waals surface area contributed by atoms with E-state index < -0.39 is 39.3 Å². The van der Waals surface area contributed by atoms with Crippen molar-refractivity contribution >= 4 is 33.2 Å². The predicted octanol–water partition coefficient (Wildman–Crippen LogP) is 4.41. The Balaban J connectivity index is 1.77. The molecule has 0 radical (unpaired) electrons. The Bertz CT molecular complexity index is 1060. The zero-order valence-corrected chi connectivity index (χ0v) is 18.0. The van der Waals surface area contributed by atoms with Gasteiger partial charge >= 0.3 is 6.18 Å². The lowest BCUT2D eigenvalue weighted by Crippen LogP contribution is -2.43. The van der Waals surface area contributed by atoms with Gasteiger partial charge in [-0.25, -0.2) is 8.42 Å². The number of methoxy groups -OCH3 is 1. The van der Waals surface area contributed by atoms with Crippen molar-refractivity contribution < 1.29 is 31.1 Å². The van der Waals surface area contributed by atoms with Crippen molar-refractivity contribution in [2.75, 3.05) is 25.5 Å². The molecule has 0 aliphatic carbocycles. The summed E-state index contributed by atoms with van der Waals surface area (Å²) in [5, 5.41) is 2.17. The van der Waals surface area contributed by atoms with Crippen molar-refractivity contribution in [2.24, 2.45) is 5.92 Å². The molecular weight excluding hydrogens is 457 g/mol. The number of nitrogens with zero attached hydrogens (tertiary/aromatic N) is 1. The maximum atomic E-state index is 13.3. The summed E-state index contributed by atoms with van der Waals surface area (Å²) in [7, 11) is -2.40. The van der Waals surface area contributed by atoms with Crippen LogP contribution >= 0.6 is 11.6 Å². The number of piperidine rings is 1. The lowest BCUT2D eigenvalue weighted by atomic mass is 9.98. The van der Waals surface area contributed by atoms with Gasteiger partial charge in [0.05, 0.1) is 29.2 Å². The number of sulfonamides is 1. The molecule has 0 unspecified atom stereocenters. The zero-order valence-electron chi connectivity index (χ0n) is 16.4. The van der Waals surface area contributed by atoms with Gasteiger partial charge < -0.3 is 10.1 Å². The zero-order chi connectivity index (χ0) is 22.8. The summed E-state index contributed by atoms with van der Waals surface area (Å²) in [5.74, 6) is -0.973. The first kappa shape index (κ1) is 23.4. The molecule has 2 aromatic rings.